The van der Waals surface area contributed by atoms with Crippen LogP contribution in [0.5, 0.6) is 0 Å². The molecule has 1 fully saturated rings. The average molecular weight is 291 g/mol. The minimum Gasteiger partial charge on any atom is -0.207 e. The lowest BCUT2D eigenvalue weighted by molar-refractivity contribution is 0.00417. The molecule has 4 heteroatoms. The highest BCUT2D eigenvalue weighted by molar-refractivity contribution is 6.18. The summed E-state index contributed by atoms with van der Waals surface area (Å²) in [7, 11) is 0. The number of halogens is 4. The first kappa shape index (κ1) is 14.7. The molecule has 0 bridgehead atoms. The molecule has 2 rings (SSSR count). The van der Waals surface area contributed by atoms with Gasteiger partial charge in [0, 0.05) is 18.7 Å². The zero-order valence-electron chi connectivity index (χ0n) is 10.7. The molecule has 1 aromatic rings. The van der Waals surface area contributed by atoms with Gasteiger partial charge in [-0.1, -0.05) is 12.1 Å². The monoisotopic (exact) mass is 290 g/mol. The van der Waals surface area contributed by atoms with E-state index in [2.05, 4.69) is 0 Å². The summed E-state index contributed by atoms with van der Waals surface area (Å²) in [5, 5.41) is 0. The summed E-state index contributed by atoms with van der Waals surface area (Å²) in [6, 6.07) is 6.31. The van der Waals surface area contributed by atoms with Crippen LogP contribution in [0.4, 0.5) is 13.2 Å². The van der Waals surface area contributed by atoms with Gasteiger partial charge in [0.2, 0.25) is 5.92 Å². The van der Waals surface area contributed by atoms with Crippen molar-refractivity contribution >= 4 is 11.6 Å². The Kier molecular flexibility index (Phi) is 4.77. The molecule has 2 unspecified atom stereocenters. The van der Waals surface area contributed by atoms with Crippen molar-refractivity contribution in [1.82, 2.24) is 0 Å². The van der Waals surface area contributed by atoms with E-state index in [1.54, 1.807) is 12.1 Å². The van der Waals surface area contributed by atoms with Crippen molar-refractivity contribution in [3.63, 3.8) is 0 Å². The number of alkyl halides is 3. The van der Waals surface area contributed by atoms with Crippen LogP contribution in [0, 0.1) is 17.7 Å². The first-order chi connectivity index (χ1) is 8.98. The zero-order chi connectivity index (χ0) is 13.9. The Balaban J connectivity index is 1.88. The SMILES string of the molecule is Fc1ccc(CC(CCl)CC2CCC(F)(F)C2)cc1. The van der Waals surface area contributed by atoms with Crippen molar-refractivity contribution in [2.45, 2.75) is 38.0 Å². The summed E-state index contributed by atoms with van der Waals surface area (Å²) >= 11 is 5.94. The van der Waals surface area contributed by atoms with E-state index < -0.39 is 5.92 Å². The van der Waals surface area contributed by atoms with E-state index in [-0.39, 0.29) is 30.5 Å². The zero-order valence-corrected chi connectivity index (χ0v) is 11.5. The van der Waals surface area contributed by atoms with Crippen LogP contribution in [0.25, 0.3) is 0 Å². The number of hydrogen-bond donors (Lipinski definition) is 0. The van der Waals surface area contributed by atoms with E-state index in [1.165, 1.54) is 12.1 Å². The molecular formula is C15H18ClF3. The van der Waals surface area contributed by atoms with Gasteiger partial charge in [-0.2, -0.15) is 0 Å². The Morgan fingerprint density at radius 1 is 1.26 bits per heavy atom. The first-order valence-electron chi connectivity index (χ1n) is 6.67. The van der Waals surface area contributed by atoms with E-state index in [4.69, 9.17) is 11.6 Å². The quantitative estimate of drug-likeness (QED) is 0.666. The van der Waals surface area contributed by atoms with Gasteiger partial charge >= 0.3 is 0 Å². The molecule has 106 valence electrons. The first-order valence-corrected chi connectivity index (χ1v) is 7.20. The third-order valence-electron chi connectivity index (χ3n) is 3.83. The molecule has 0 heterocycles. The second-order valence-corrected chi connectivity index (χ2v) is 5.86. The van der Waals surface area contributed by atoms with Crippen LogP contribution in [0.3, 0.4) is 0 Å². The Labute approximate surface area is 117 Å². The fourth-order valence-electron chi connectivity index (χ4n) is 2.87. The maximum absolute atomic E-state index is 13.1. The van der Waals surface area contributed by atoms with Gasteiger partial charge in [-0.15, -0.1) is 11.6 Å². The van der Waals surface area contributed by atoms with E-state index in [0.29, 0.717) is 12.3 Å². The van der Waals surface area contributed by atoms with Crippen LogP contribution in [0.15, 0.2) is 24.3 Å². The van der Waals surface area contributed by atoms with E-state index >= 15 is 0 Å². The van der Waals surface area contributed by atoms with Gasteiger partial charge in [-0.3, -0.25) is 0 Å². The number of benzene rings is 1. The van der Waals surface area contributed by atoms with Gasteiger partial charge in [-0.25, -0.2) is 13.2 Å². The maximum atomic E-state index is 13.1. The smallest absolute Gasteiger partial charge is 0.207 e. The van der Waals surface area contributed by atoms with Gasteiger partial charge in [0.15, 0.2) is 0 Å². The second kappa shape index (κ2) is 6.17. The van der Waals surface area contributed by atoms with E-state index in [1.807, 2.05) is 0 Å². The molecular weight excluding hydrogens is 273 g/mol. The highest BCUT2D eigenvalue weighted by atomic mass is 35.5. The highest BCUT2D eigenvalue weighted by Crippen LogP contribution is 2.41. The van der Waals surface area contributed by atoms with Crippen molar-refractivity contribution < 1.29 is 13.2 Å². The van der Waals surface area contributed by atoms with Crippen LogP contribution in [-0.4, -0.2) is 11.8 Å². The maximum Gasteiger partial charge on any atom is 0.248 e. The van der Waals surface area contributed by atoms with Crippen molar-refractivity contribution in [2.75, 3.05) is 5.88 Å². The summed E-state index contributed by atoms with van der Waals surface area (Å²) in [5.74, 6) is -2.04. The molecule has 1 saturated carbocycles. The summed E-state index contributed by atoms with van der Waals surface area (Å²) in [6.07, 6.45) is 2.04. The molecule has 0 saturated heterocycles. The van der Waals surface area contributed by atoms with E-state index in [0.717, 1.165) is 18.4 Å². The van der Waals surface area contributed by atoms with E-state index in [9.17, 15) is 13.2 Å². The molecule has 1 aliphatic carbocycles. The van der Waals surface area contributed by atoms with Crippen LogP contribution in [0.1, 0.15) is 31.2 Å². The number of rotatable bonds is 5. The predicted octanol–water partition coefficient (Wildman–Crippen LogP) is 5.05. The molecule has 0 aliphatic heterocycles. The molecule has 1 aromatic carbocycles. The number of hydrogen-bond acceptors (Lipinski definition) is 0. The molecule has 0 aromatic heterocycles. The molecule has 2 atom stereocenters. The lowest BCUT2D eigenvalue weighted by Gasteiger charge is -2.18. The van der Waals surface area contributed by atoms with Crippen LogP contribution in [0.2, 0.25) is 0 Å². The normalized spacial score (nSPS) is 23.5. The summed E-state index contributed by atoms with van der Waals surface area (Å²) in [4.78, 5) is 0. The summed E-state index contributed by atoms with van der Waals surface area (Å²) in [6.45, 7) is 0. The van der Waals surface area contributed by atoms with Gasteiger partial charge < -0.3 is 0 Å². The second-order valence-electron chi connectivity index (χ2n) is 5.55. The largest absolute Gasteiger partial charge is 0.248 e. The molecule has 0 nitrogen and oxygen atoms in total. The Bertz CT molecular complexity index is 402. The minimum atomic E-state index is -2.49. The van der Waals surface area contributed by atoms with Crippen LogP contribution in [-0.2, 0) is 6.42 Å². The third kappa shape index (κ3) is 4.41. The highest BCUT2D eigenvalue weighted by Gasteiger charge is 2.39. The topological polar surface area (TPSA) is 0 Å². The third-order valence-corrected chi connectivity index (χ3v) is 4.26. The van der Waals surface area contributed by atoms with Crippen LogP contribution >= 0.6 is 11.6 Å². The van der Waals surface area contributed by atoms with Crippen molar-refractivity contribution in [3.8, 4) is 0 Å². The standard InChI is InChI=1S/C15H18ClF3/c16-10-13(7-11-1-3-14(17)4-2-11)8-12-5-6-15(18,19)9-12/h1-4,12-13H,5-10H2. The van der Waals surface area contributed by atoms with Gasteiger partial charge in [0.1, 0.15) is 5.82 Å². The summed E-state index contributed by atoms with van der Waals surface area (Å²) < 4.78 is 39.1. The average Bonchev–Trinajstić information content (AvgIpc) is 2.70. The summed E-state index contributed by atoms with van der Waals surface area (Å²) in [5.41, 5.74) is 1.01. The predicted molar refractivity (Wildman–Crippen MR) is 71.2 cm³/mol. The lowest BCUT2D eigenvalue weighted by atomic mass is 9.89. The lowest BCUT2D eigenvalue weighted by Crippen LogP contribution is -2.14. The Hall–Kier alpha value is -0.700. The van der Waals surface area contributed by atoms with Crippen molar-refractivity contribution in [3.05, 3.63) is 35.6 Å². The molecule has 0 spiro atoms. The Morgan fingerprint density at radius 2 is 1.95 bits per heavy atom. The van der Waals surface area contributed by atoms with Crippen molar-refractivity contribution in [1.29, 1.82) is 0 Å². The fraction of sp³-hybridized carbons (Fsp3) is 0.600. The van der Waals surface area contributed by atoms with Crippen LogP contribution < -0.4 is 0 Å². The van der Waals surface area contributed by atoms with Gasteiger partial charge in [-0.05, 0) is 48.8 Å². The molecule has 0 N–H and O–H groups in total. The minimum absolute atomic E-state index is 0.00320. The van der Waals surface area contributed by atoms with Crippen molar-refractivity contribution in [2.24, 2.45) is 11.8 Å². The van der Waals surface area contributed by atoms with Gasteiger partial charge in [0.05, 0.1) is 0 Å². The molecule has 1 aliphatic rings. The fourth-order valence-corrected chi connectivity index (χ4v) is 3.10. The Morgan fingerprint density at radius 3 is 2.47 bits per heavy atom. The molecule has 19 heavy (non-hydrogen) atoms. The molecule has 0 amide bonds. The molecule has 0 radical (unpaired) electrons. The van der Waals surface area contributed by atoms with Gasteiger partial charge in [0.25, 0.3) is 0 Å².